The largest absolute Gasteiger partial charge is 0.492 e. The van der Waals surface area contributed by atoms with Gasteiger partial charge in [-0.25, -0.2) is 8.78 Å². The van der Waals surface area contributed by atoms with Crippen LogP contribution in [-0.4, -0.2) is 13.2 Å². The Hall–Kier alpha value is -1.62. The summed E-state index contributed by atoms with van der Waals surface area (Å²) in [6.45, 7) is 0.744. The molecule has 0 radical (unpaired) electrons. The molecule has 0 aliphatic carbocycles. The Labute approximate surface area is 118 Å². The molecule has 2 nitrogen and oxygen atoms in total. The van der Waals surface area contributed by atoms with Gasteiger partial charge in [0.15, 0.2) is 0 Å². The van der Waals surface area contributed by atoms with Crippen molar-refractivity contribution in [2.24, 2.45) is 0 Å². The molecule has 100 valence electrons. The number of anilines is 1. The molecule has 0 atom stereocenters. The van der Waals surface area contributed by atoms with E-state index in [1.54, 1.807) is 0 Å². The van der Waals surface area contributed by atoms with Crippen molar-refractivity contribution in [1.82, 2.24) is 0 Å². The molecule has 5 heteroatoms. The van der Waals surface area contributed by atoms with Gasteiger partial charge in [-0.15, -0.1) is 0 Å². The highest BCUT2D eigenvalue weighted by Gasteiger charge is 2.02. The monoisotopic (exact) mass is 327 g/mol. The molecule has 19 heavy (non-hydrogen) atoms. The Bertz CT molecular complexity index is 546. The number of nitrogens with one attached hydrogen (secondary N) is 1. The van der Waals surface area contributed by atoms with Gasteiger partial charge >= 0.3 is 0 Å². The third-order valence-electron chi connectivity index (χ3n) is 2.43. The van der Waals surface area contributed by atoms with Crippen LogP contribution < -0.4 is 10.1 Å². The first kappa shape index (κ1) is 13.8. The van der Waals surface area contributed by atoms with E-state index in [9.17, 15) is 8.78 Å². The van der Waals surface area contributed by atoms with E-state index in [2.05, 4.69) is 21.2 Å². The van der Waals surface area contributed by atoms with Crippen molar-refractivity contribution < 1.29 is 13.5 Å². The highest BCUT2D eigenvalue weighted by molar-refractivity contribution is 9.10. The van der Waals surface area contributed by atoms with Crippen LogP contribution in [-0.2, 0) is 0 Å². The summed E-state index contributed by atoms with van der Waals surface area (Å²) in [5.74, 6) is -0.229. The van der Waals surface area contributed by atoms with Crippen molar-refractivity contribution in [3.8, 4) is 5.75 Å². The number of hydrogen-bond acceptors (Lipinski definition) is 2. The van der Waals surface area contributed by atoms with Crippen molar-refractivity contribution >= 4 is 21.6 Å². The second-order valence-corrected chi connectivity index (χ2v) is 4.77. The van der Waals surface area contributed by atoms with Gasteiger partial charge in [0, 0.05) is 11.0 Å². The smallest absolute Gasteiger partial charge is 0.146 e. The van der Waals surface area contributed by atoms with Crippen LogP contribution in [0.25, 0.3) is 0 Å². The van der Waals surface area contributed by atoms with Gasteiger partial charge in [0.1, 0.15) is 24.0 Å². The van der Waals surface area contributed by atoms with Crippen LogP contribution in [0.15, 0.2) is 46.9 Å². The molecule has 2 aromatic carbocycles. The third kappa shape index (κ3) is 4.21. The van der Waals surface area contributed by atoms with E-state index in [4.69, 9.17) is 4.74 Å². The van der Waals surface area contributed by atoms with Crippen molar-refractivity contribution in [1.29, 1.82) is 0 Å². The number of halogens is 3. The first-order valence-electron chi connectivity index (χ1n) is 5.72. The Morgan fingerprint density at radius 1 is 1.05 bits per heavy atom. The third-order valence-corrected chi connectivity index (χ3v) is 2.96. The van der Waals surface area contributed by atoms with E-state index in [0.717, 1.165) is 28.4 Å². The average molecular weight is 328 g/mol. The van der Waals surface area contributed by atoms with Crippen LogP contribution in [0.3, 0.4) is 0 Å². The molecule has 2 aromatic rings. The maximum Gasteiger partial charge on any atom is 0.146 e. The highest BCUT2D eigenvalue weighted by atomic mass is 79.9. The summed E-state index contributed by atoms with van der Waals surface area (Å²) in [5, 5.41) is 2.79. The van der Waals surface area contributed by atoms with Crippen LogP contribution in [0.4, 0.5) is 14.5 Å². The zero-order chi connectivity index (χ0) is 13.7. The van der Waals surface area contributed by atoms with Gasteiger partial charge in [0.25, 0.3) is 0 Å². The summed E-state index contributed by atoms with van der Waals surface area (Å²) < 4.78 is 32.6. The van der Waals surface area contributed by atoms with Crippen LogP contribution in [0.2, 0.25) is 0 Å². The summed E-state index contributed by atoms with van der Waals surface area (Å²) in [6.07, 6.45) is 0. The first-order chi connectivity index (χ1) is 9.15. The zero-order valence-corrected chi connectivity index (χ0v) is 11.6. The highest BCUT2D eigenvalue weighted by Crippen LogP contribution is 2.17. The standard InChI is InChI=1S/C14H12BrF2NO/c15-10-1-4-12(5-2-10)19-8-7-18-14-9-11(16)3-6-13(14)17/h1-6,9,18H,7-8H2. The maximum atomic E-state index is 13.3. The summed E-state index contributed by atoms with van der Waals surface area (Å²) in [4.78, 5) is 0. The lowest BCUT2D eigenvalue weighted by molar-refractivity contribution is 0.332. The second kappa shape index (κ2) is 6.52. The summed E-state index contributed by atoms with van der Waals surface area (Å²) in [6, 6.07) is 10.7. The number of rotatable bonds is 5. The molecule has 0 saturated carbocycles. The Morgan fingerprint density at radius 3 is 2.53 bits per heavy atom. The number of ether oxygens (including phenoxy) is 1. The molecule has 0 saturated heterocycles. The van der Waals surface area contributed by atoms with Gasteiger partial charge in [-0.3, -0.25) is 0 Å². The fourth-order valence-electron chi connectivity index (χ4n) is 1.52. The van der Waals surface area contributed by atoms with Crippen LogP contribution in [0.1, 0.15) is 0 Å². The Morgan fingerprint density at radius 2 is 1.79 bits per heavy atom. The Kier molecular flexibility index (Phi) is 4.74. The lowest BCUT2D eigenvalue weighted by Gasteiger charge is -2.09. The van der Waals surface area contributed by atoms with Gasteiger partial charge in [0.2, 0.25) is 0 Å². The van der Waals surface area contributed by atoms with E-state index in [1.165, 1.54) is 0 Å². The van der Waals surface area contributed by atoms with Gasteiger partial charge < -0.3 is 10.1 Å². The number of benzene rings is 2. The summed E-state index contributed by atoms with van der Waals surface area (Å²) >= 11 is 3.33. The Balaban J connectivity index is 1.80. The van der Waals surface area contributed by atoms with Gasteiger partial charge in [0.05, 0.1) is 5.69 Å². The zero-order valence-electron chi connectivity index (χ0n) is 10.00. The fraction of sp³-hybridized carbons (Fsp3) is 0.143. The molecule has 0 unspecified atom stereocenters. The minimum atomic E-state index is -0.481. The van der Waals surface area contributed by atoms with Crippen LogP contribution in [0, 0.1) is 11.6 Å². The molecule has 0 aliphatic rings. The quantitative estimate of drug-likeness (QED) is 0.830. The molecule has 0 spiro atoms. The predicted molar refractivity (Wildman–Crippen MR) is 74.5 cm³/mol. The average Bonchev–Trinajstić information content (AvgIpc) is 2.40. The molecule has 0 heterocycles. The molecule has 0 aromatic heterocycles. The first-order valence-corrected chi connectivity index (χ1v) is 6.52. The normalized spacial score (nSPS) is 10.3. The summed E-state index contributed by atoms with van der Waals surface area (Å²) in [7, 11) is 0. The van der Waals surface area contributed by atoms with E-state index in [0.29, 0.717) is 13.2 Å². The second-order valence-electron chi connectivity index (χ2n) is 3.85. The van der Waals surface area contributed by atoms with Gasteiger partial charge in [-0.05, 0) is 42.5 Å². The van der Waals surface area contributed by atoms with Crippen molar-refractivity contribution in [3.05, 3.63) is 58.6 Å². The minimum Gasteiger partial charge on any atom is -0.492 e. The van der Waals surface area contributed by atoms with Crippen molar-refractivity contribution in [2.75, 3.05) is 18.5 Å². The molecular formula is C14H12BrF2NO. The molecule has 0 aliphatic heterocycles. The molecular weight excluding hydrogens is 316 g/mol. The van der Waals surface area contributed by atoms with Crippen molar-refractivity contribution in [3.63, 3.8) is 0 Å². The minimum absolute atomic E-state index is 0.138. The van der Waals surface area contributed by atoms with E-state index >= 15 is 0 Å². The topological polar surface area (TPSA) is 21.3 Å². The molecule has 2 rings (SSSR count). The van der Waals surface area contributed by atoms with Crippen LogP contribution >= 0.6 is 15.9 Å². The van der Waals surface area contributed by atoms with E-state index < -0.39 is 11.6 Å². The van der Waals surface area contributed by atoms with E-state index in [-0.39, 0.29) is 5.69 Å². The summed E-state index contributed by atoms with van der Waals surface area (Å²) in [5.41, 5.74) is 0.138. The molecule has 0 bridgehead atoms. The van der Waals surface area contributed by atoms with E-state index in [1.807, 2.05) is 24.3 Å². The SMILES string of the molecule is Fc1ccc(F)c(NCCOc2ccc(Br)cc2)c1. The van der Waals surface area contributed by atoms with Crippen molar-refractivity contribution in [2.45, 2.75) is 0 Å². The van der Waals surface area contributed by atoms with Gasteiger partial charge in [-0.1, -0.05) is 15.9 Å². The number of hydrogen-bond donors (Lipinski definition) is 1. The lowest BCUT2D eigenvalue weighted by Crippen LogP contribution is -2.12. The van der Waals surface area contributed by atoms with Crippen LogP contribution in [0.5, 0.6) is 5.75 Å². The molecule has 0 fully saturated rings. The maximum absolute atomic E-state index is 13.3. The fourth-order valence-corrected chi connectivity index (χ4v) is 1.78. The van der Waals surface area contributed by atoms with Gasteiger partial charge in [-0.2, -0.15) is 0 Å². The predicted octanol–water partition coefficient (Wildman–Crippen LogP) is 4.22. The lowest BCUT2D eigenvalue weighted by atomic mass is 10.3. The molecule has 0 amide bonds. The molecule has 1 N–H and O–H groups in total.